The lowest BCUT2D eigenvalue weighted by Crippen LogP contribution is -1.87. The van der Waals surface area contributed by atoms with E-state index in [1.165, 1.54) is 16.0 Å². The lowest BCUT2D eigenvalue weighted by Gasteiger charge is -2.06. The Bertz CT molecular complexity index is 492. The highest BCUT2D eigenvalue weighted by Crippen LogP contribution is 2.29. The van der Waals surface area contributed by atoms with Crippen molar-refractivity contribution < 1.29 is 0 Å². The summed E-state index contributed by atoms with van der Waals surface area (Å²) < 4.78 is 0. The number of aryl methyl sites for hydroxylation is 2. The van der Waals surface area contributed by atoms with E-state index in [0.717, 1.165) is 5.03 Å². The number of aromatic nitrogens is 1. The lowest BCUT2D eigenvalue weighted by molar-refractivity contribution is 1.13. The first-order valence-electron chi connectivity index (χ1n) is 5.12. The summed E-state index contributed by atoms with van der Waals surface area (Å²) in [6, 6.07) is 10.3. The molecule has 0 aliphatic carbocycles. The maximum Gasteiger partial charge on any atom is 0.101 e. The molecule has 0 bridgehead atoms. The van der Waals surface area contributed by atoms with Gasteiger partial charge in [0.05, 0.1) is 11.9 Å². The normalized spacial score (nSPS) is 10.4. The predicted octanol–water partition coefficient (Wildman–Crippen LogP) is 3.43. The average Bonchev–Trinajstić information content (AvgIpc) is 2.27. The first kappa shape index (κ1) is 11.0. The number of nitrogen functional groups attached to an aromatic ring is 1. The number of rotatable bonds is 2. The van der Waals surface area contributed by atoms with E-state index in [9.17, 15) is 0 Å². The second-order valence-corrected chi connectivity index (χ2v) is 4.86. The van der Waals surface area contributed by atoms with Crippen molar-refractivity contribution in [1.82, 2.24) is 4.98 Å². The fourth-order valence-electron chi connectivity index (χ4n) is 1.38. The Labute approximate surface area is 99.9 Å². The van der Waals surface area contributed by atoms with Crippen LogP contribution < -0.4 is 5.73 Å². The summed E-state index contributed by atoms with van der Waals surface area (Å²) in [4.78, 5) is 5.53. The van der Waals surface area contributed by atoms with Gasteiger partial charge in [0.15, 0.2) is 0 Å². The average molecular weight is 230 g/mol. The maximum absolute atomic E-state index is 5.60. The van der Waals surface area contributed by atoms with E-state index < -0.39 is 0 Å². The summed E-state index contributed by atoms with van der Waals surface area (Å²) in [5.74, 6) is 0. The van der Waals surface area contributed by atoms with Crippen molar-refractivity contribution in [3.05, 3.63) is 47.7 Å². The zero-order chi connectivity index (χ0) is 11.5. The molecule has 0 aliphatic rings. The Morgan fingerprint density at radius 1 is 1.12 bits per heavy atom. The maximum atomic E-state index is 5.60. The number of hydrogen-bond donors (Lipinski definition) is 1. The van der Waals surface area contributed by atoms with Crippen LogP contribution >= 0.6 is 11.8 Å². The largest absolute Gasteiger partial charge is 0.397 e. The van der Waals surface area contributed by atoms with Gasteiger partial charge in [-0.1, -0.05) is 23.9 Å². The van der Waals surface area contributed by atoms with Gasteiger partial charge in [0.2, 0.25) is 0 Å². The summed E-state index contributed by atoms with van der Waals surface area (Å²) in [6.45, 7) is 4.21. The van der Waals surface area contributed by atoms with Crippen molar-refractivity contribution in [2.24, 2.45) is 0 Å². The van der Waals surface area contributed by atoms with Crippen LogP contribution in [-0.2, 0) is 0 Å². The van der Waals surface area contributed by atoms with Crippen molar-refractivity contribution in [2.75, 3.05) is 5.73 Å². The number of anilines is 1. The second-order valence-electron chi connectivity index (χ2n) is 3.80. The van der Waals surface area contributed by atoms with E-state index in [-0.39, 0.29) is 0 Å². The SMILES string of the molecule is Cc1ccc(C)c(Sc2ccc(N)cn2)c1. The fourth-order valence-corrected chi connectivity index (χ4v) is 2.32. The quantitative estimate of drug-likeness (QED) is 0.859. The van der Waals surface area contributed by atoms with Crippen molar-refractivity contribution >= 4 is 17.4 Å². The van der Waals surface area contributed by atoms with Crippen LogP contribution in [0.1, 0.15) is 11.1 Å². The Morgan fingerprint density at radius 2 is 1.94 bits per heavy atom. The van der Waals surface area contributed by atoms with Crippen molar-refractivity contribution in [2.45, 2.75) is 23.8 Å². The molecular weight excluding hydrogens is 216 g/mol. The van der Waals surface area contributed by atoms with E-state index in [4.69, 9.17) is 5.73 Å². The summed E-state index contributed by atoms with van der Waals surface area (Å²) in [5.41, 5.74) is 8.84. The molecule has 0 saturated carbocycles. The highest BCUT2D eigenvalue weighted by atomic mass is 32.2. The van der Waals surface area contributed by atoms with Gasteiger partial charge in [-0.2, -0.15) is 0 Å². The molecule has 3 heteroatoms. The van der Waals surface area contributed by atoms with Crippen molar-refractivity contribution in [1.29, 1.82) is 0 Å². The minimum Gasteiger partial charge on any atom is -0.397 e. The minimum atomic E-state index is 0.699. The van der Waals surface area contributed by atoms with Crippen LogP contribution in [0, 0.1) is 13.8 Å². The lowest BCUT2D eigenvalue weighted by atomic mass is 10.2. The van der Waals surface area contributed by atoms with Gasteiger partial charge in [-0.05, 0) is 43.2 Å². The Balaban J connectivity index is 2.26. The molecule has 16 heavy (non-hydrogen) atoms. The molecule has 0 atom stereocenters. The summed E-state index contributed by atoms with van der Waals surface area (Å²) >= 11 is 1.67. The molecule has 0 radical (unpaired) electrons. The highest BCUT2D eigenvalue weighted by Gasteiger charge is 2.02. The highest BCUT2D eigenvalue weighted by molar-refractivity contribution is 7.99. The first-order chi connectivity index (χ1) is 7.65. The third-order valence-corrected chi connectivity index (χ3v) is 3.43. The van der Waals surface area contributed by atoms with E-state index in [2.05, 4.69) is 37.0 Å². The van der Waals surface area contributed by atoms with Gasteiger partial charge < -0.3 is 5.73 Å². The van der Waals surface area contributed by atoms with Crippen LogP contribution in [0.15, 0.2) is 46.5 Å². The third-order valence-electron chi connectivity index (χ3n) is 2.32. The Hall–Kier alpha value is -1.48. The molecular formula is C13H14N2S. The van der Waals surface area contributed by atoms with Crippen LogP contribution in [0.2, 0.25) is 0 Å². The standard InChI is InChI=1S/C13H14N2S/c1-9-3-4-10(2)12(7-9)16-13-6-5-11(14)8-15-13/h3-8H,14H2,1-2H3. The second kappa shape index (κ2) is 4.58. The molecule has 0 fully saturated rings. The number of benzene rings is 1. The smallest absolute Gasteiger partial charge is 0.101 e. The van der Waals surface area contributed by atoms with Crippen LogP contribution in [0.5, 0.6) is 0 Å². The molecule has 2 N–H and O–H groups in total. The fraction of sp³-hybridized carbons (Fsp3) is 0.154. The molecule has 2 aromatic rings. The molecule has 0 amide bonds. The van der Waals surface area contributed by atoms with Crippen LogP contribution in [-0.4, -0.2) is 4.98 Å². The van der Waals surface area contributed by atoms with Gasteiger partial charge >= 0.3 is 0 Å². The van der Waals surface area contributed by atoms with Gasteiger partial charge in [0.1, 0.15) is 5.03 Å². The summed E-state index contributed by atoms with van der Waals surface area (Å²) in [7, 11) is 0. The Kier molecular flexibility index (Phi) is 3.15. The summed E-state index contributed by atoms with van der Waals surface area (Å²) in [5, 5.41) is 0.975. The molecule has 2 nitrogen and oxygen atoms in total. The number of nitrogens with zero attached hydrogens (tertiary/aromatic N) is 1. The van der Waals surface area contributed by atoms with E-state index in [1.807, 2.05) is 12.1 Å². The first-order valence-corrected chi connectivity index (χ1v) is 5.93. The Morgan fingerprint density at radius 3 is 2.62 bits per heavy atom. The number of nitrogens with two attached hydrogens (primary N) is 1. The van der Waals surface area contributed by atoms with Crippen molar-refractivity contribution in [3.63, 3.8) is 0 Å². The van der Waals surface area contributed by atoms with Gasteiger partial charge in [0, 0.05) is 4.90 Å². The molecule has 0 saturated heterocycles. The third kappa shape index (κ3) is 2.55. The van der Waals surface area contributed by atoms with Crippen LogP contribution in [0.3, 0.4) is 0 Å². The monoisotopic (exact) mass is 230 g/mol. The number of pyridine rings is 1. The van der Waals surface area contributed by atoms with Gasteiger partial charge in [-0.15, -0.1) is 0 Å². The minimum absolute atomic E-state index is 0.699. The van der Waals surface area contributed by atoms with Crippen LogP contribution in [0.25, 0.3) is 0 Å². The summed E-state index contributed by atoms with van der Waals surface area (Å²) in [6.07, 6.45) is 1.69. The van der Waals surface area contributed by atoms with E-state index in [0.29, 0.717) is 5.69 Å². The molecule has 1 heterocycles. The molecule has 0 spiro atoms. The predicted molar refractivity (Wildman–Crippen MR) is 68.7 cm³/mol. The molecule has 2 rings (SSSR count). The van der Waals surface area contributed by atoms with E-state index in [1.54, 1.807) is 18.0 Å². The zero-order valence-electron chi connectivity index (χ0n) is 9.40. The molecule has 82 valence electrons. The van der Waals surface area contributed by atoms with Crippen molar-refractivity contribution in [3.8, 4) is 0 Å². The molecule has 0 aliphatic heterocycles. The van der Waals surface area contributed by atoms with Gasteiger partial charge in [0.25, 0.3) is 0 Å². The number of hydrogen-bond acceptors (Lipinski definition) is 3. The molecule has 1 aromatic heterocycles. The van der Waals surface area contributed by atoms with Gasteiger partial charge in [-0.3, -0.25) is 0 Å². The molecule has 0 unspecified atom stereocenters. The van der Waals surface area contributed by atoms with Crippen LogP contribution in [0.4, 0.5) is 5.69 Å². The molecule has 1 aromatic carbocycles. The van der Waals surface area contributed by atoms with E-state index >= 15 is 0 Å². The zero-order valence-corrected chi connectivity index (χ0v) is 10.2. The topological polar surface area (TPSA) is 38.9 Å². The van der Waals surface area contributed by atoms with Gasteiger partial charge in [-0.25, -0.2) is 4.98 Å².